The normalized spacial score (nSPS) is 35.1. The molecule has 0 amide bonds. The maximum atomic E-state index is 15.4. The molecule has 1 heterocycles. The predicted molar refractivity (Wildman–Crippen MR) is 169 cm³/mol. The molecule has 6 rings (SSSR count). The number of carbonyl (C=O) groups is 4. The lowest BCUT2D eigenvalue weighted by Crippen LogP contribution is -2.84. The van der Waals surface area contributed by atoms with Crippen LogP contribution in [0.2, 0.25) is 0 Å². The van der Waals surface area contributed by atoms with Gasteiger partial charge in [-0.05, 0) is 91.9 Å². The second-order valence-electron chi connectivity index (χ2n) is 15.2. The minimum absolute atomic E-state index is 0.183. The smallest absolute Gasteiger partial charge is 0.184 e. The summed E-state index contributed by atoms with van der Waals surface area (Å²) in [5, 5.41) is 0. The molecule has 4 aliphatic carbocycles. The highest BCUT2D eigenvalue weighted by Gasteiger charge is 2.88. The number of hydrogen-bond acceptors (Lipinski definition) is 5. The van der Waals surface area contributed by atoms with Gasteiger partial charge in [0.2, 0.25) is 0 Å². The molecule has 1 saturated heterocycles. The van der Waals surface area contributed by atoms with Crippen molar-refractivity contribution in [1.29, 1.82) is 0 Å². The number of Topliss-reactive ketones (excluding diaryl/α,β-unsaturated/α-hetero) is 4. The topological polar surface area (TPSA) is 80.8 Å². The molecular weight excluding hydrogens is 536 g/mol. The number of epoxide rings is 1. The van der Waals surface area contributed by atoms with Gasteiger partial charge in [-0.1, -0.05) is 79.1 Å². The second-order valence-corrected chi connectivity index (χ2v) is 15.2. The molecule has 1 aromatic rings. The average molecular weight is 585 g/mol. The Morgan fingerprint density at radius 3 is 2.00 bits per heavy atom. The summed E-state index contributed by atoms with van der Waals surface area (Å²) in [4.78, 5) is 60.4. The number of benzene rings is 1. The van der Waals surface area contributed by atoms with E-state index in [-0.39, 0.29) is 30.6 Å². The Balaban J connectivity index is 1.75. The summed E-state index contributed by atoms with van der Waals surface area (Å²) in [5.41, 5.74) is -2.68. The first-order chi connectivity index (χ1) is 20.0. The van der Waals surface area contributed by atoms with Crippen LogP contribution in [0.15, 0.2) is 65.3 Å². The number of hydrogen-bond donors (Lipinski definition) is 0. The molecule has 5 heteroatoms. The van der Waals surface area contributed by atoms with Crippen molar-refractivity contribution in [3.63, 3.8) is 0 Å². The summed E-state index contributed by atoms with van der Waals surface area (Å²) in [5.74, 6) is -2.38. The van der Waals surface area contributed by atoms with Gasteiger partial charge in [0.05, 0.1) is 22.5 Å². The molecule has 1 aromatic carbocycles. The summed E-state index contributed by atoms with van der Waals surface area (Å²) in [6.45, 7) is 17.9. The molecule has 0 spiro atoms. The lowest BCUT2D eigenvalue weighted by molar-refractivity contribution is -0.215. The van der Waals surface area contributed by atoms with Crippen LogP contribution < -0.4 is 0 Å². The molecule has 5 nitrogen and oxygen atoms in total. The lowest BCUT2D eigenvalue weighted by Gasteiger charge is -2.71. The van der Waals surface area contributed by atoms with Crippen LogP contribution in [0.1, 0.15) is 105 Å². The van der Waals surface area contributed by atoms with Gasteiger partial charge in [-0.25, -0.2) is 0 Å². The monoisotopic (exact) mass is 584 g/mol. The molecule has 0 unspecified atom stereocenters. The van der Waals surface area contributed by atoms with Gasteiger partial charge in [-0.15, -0.1) is 0 Å². The highest BCUT2D eigenvalue weighted by atomic mass is 16.6. The van der Waals surface area contributed by atoms with Crippen molar-refractivity contribution in [3.8, 4) is 0 Å². The summed E-state index contributed by atoms with van der Waals surface area (Å²) >= 11 is 0. The van der Waals surface area contributed by atoms with Crippen LogP contribution in [0.5, 0.6) is 0 Å². The fraction of sp³-hybridized carbons (Fsp3) is 0.579. The summed E-state index contributed by atoms with van der Waals surface area (Å²) in [6, 6.07) is 8.71. The first-order valence-electron chi connectivity index (χ1n) is 15.9. The van der Waals surface area contributed by atoms with Crippen molar-refractivity contribution < 1.29 is 23.9 Å². The molecule has 4 bridgehead atoms. The number of rotatable bonds is 10. The Morgan fingerprint density at radius 2 is 1.44 bits per heavy atom. The third kappa shape index (κ3) is 4.28. The van der Waals surface area contributed by atoms with Crippen molar-refractivity contribution >= 4 is 23.1 Å². The Labute approximate surface area is 257 Å². The summed E-state index contributed by atoms with van der Waals surface area (Å²) in [7, 11) is 0. The molecule has 0 N–H and O–H groups in total. The van der Waals surface area contributed by atoms with Gasteiger partial charge in [0.1, 0.15) is 0 Å². The van der Waals surface area contributed by atoms with Gasteiger partial charge in [0, 0.05) is 11.5 Å². The fourth-order valence-corrected chi connectivity index (χ4v) is 8.90. The van der Waals surface area contributed by atoms with Crippen LogP contribution in [0.4, 0.5) is 0 Å². The minimum Gasteiger partial charge on any atom is -0.366 e. The molecule has 6 atom stereocenters. The number of ether oxygens (including phenoxy) is 1. The quantitative estimate of drug-likeness (QED) is 0.121. The Hall–Kier alpha value is -2.92. The minimum atomic E-state index is -1.94. The summed E-state index contributed by atoms with van der Waals surface area (Å²) < 4.78 is 6.24. The van der Waals surface area contributed by atoms with Crippen LogP contribution in [-0.2, 0) is 19.1 Å². The molecular formula is C38H48O5. The standard InChI is InChI=1S/C38H48O5/c1-23(2)14-13-15-25(5)19-20-36-22-27-28(30-35(8,9)43-30)37(31(36)40,21-18-24(3)4)33(42)38(32(36)41,34(27,6)7)29(39)26-16-11-10-12-17-26/h10-12,14,16-19,27-28,30H,13,15,20-22H2,1-9H3/t27-,28-,30-,36+,37-,38+/m0/s1. The van der Waals surface area contributed by atoms with Crippen molar-refractivity contribution in [2.75, 3.05) is 0 Å². The Morgan fingerprint density at radius 1 is 0.837 bits per heavy atom. The number of ketones is 4. The maximum Gasteiger partial charge on any atom is 0.184 e. The molecule has 5 fully saturated rings. The Bertz CT molecular complexity index is 1460. The van der Waals surface area contributed by atoms with Crippen molar-refractivity contribution in [2.24, 2.45) is 33.5 Å². The molecule has 4 saturated carbocycles. The van der Waals surface area contributed by atoms with Crippen LogP contribution in [0.25, 0.3) is 0 Å². The van der Waals surface area contributed by atoms with Gasteiger partial charge in [-0.2, -0.15) is 0 Å². The maximum absolute atomic E-state index is 15.4. The van der Waals surface area contributed by atoms with Crippen molar-refractivity contribution in [1.82, 2.24) is 0 Å². The van der Waals surface area contributed by atoms with E-state index in [4.69, 9.17) is 4.74 Å². The van der Waals surface area contributed by atoms with Crippen LogP contribution in [0, 0.1) is 33.5 Å². The first-order valence-corrected chi connectivity index (χ1v) is 15.9. The van der Waals surface area contributed by atoms with Gasteiger partial charge in [-0.3, -0.25) is 19.2 Å². The van der Waals surface area contributed by atoms with Gasteiger partial charge in [0.25, 0.3) is 0 Å². The van der Waals surface area contributed by atoms with E-state index < -0.39 is 50.5 Å². The van der Waals surface area contributed by atoms with Gasteiger partial charge >= 0.3 is 0 Å². The van der Waals surface area contributed by atoms with Gasteiger partial charge < -0.3 is 4.74 Å². The molecule has 1 aliphatic heterocycles. The van der Waals surface area contributed by atoms with E-state index in [2.05, 4.69) is 19.9 Å². The lowest BCUT2D eigenvalue weighted by atomic mass is 9.26. The van der Waals surface area contributed by atoms with Crippen molar-refractivity contribution in [3.05, 3.63) is 70.8 Å². The van der Waals surface area contributed by atoms with Gasteiger partial charge in [0.15, 0.2) is 28.5 Å². The first kappa shape index (κ1) is 31.5. The van der Waals surface area contributed by atoms with E-state index >= 15 is 14.4 Å². The molecule has 43 heavy (non-hydrogen) atoms. The zero-order chi connectivity index (χ0) is 31.8. The third-order valence-electron chi connectivity index (χ3n) is 11.3. The largest absolute Gasteiger partial charge is 0.366 e. The summed E-state index contributed by atoms with van der Waals surface area (Å²) in [6.07, 6.45) is 8.31. The van der Waals surface area contributed by atoms with Crippen molar-refractivity contribution in [2.45, 2.75) is 106 Å². The van der Waals surface area contributed by atoms with E-state index in [0.717, 1.165) is 24.0 Å². The molecule has 5 aliphatic rings. The zero-order valence-electron chi connectivity index (χ0n) is 27.4. The molecule has 0 aromatic heterocycles. The Kier molecular flexibility index (Phi) is 7.57. The SMILES string of the molecule is CC(C)=CCCC(C)=CC[C@@]12C[C@H]3[C@@H]([C@@H]4OC4(C)C)[C@@](CC=C(C)C)(C1=O)C(=O)[C@@](C(=O)c1ccccc1)(C2=O)C3(C)C. The van der Waals surface area contributed by atoms with E-state index in [1.807, 2.05) is 66.7 Å². The second kappa shape index (κ2) is 10.3. The third-order valence-corrected chi connectivity index (χ3v) is 11.3. The number of allylic oxidation sites excluding steroid dienone is 6. The van der Waals surface area contributed by atoms with E-state index in [9.17, 15) is 4.79 Å². The number of carbonyl (C=O) groups excluding carboxylic acids is 4. The van der Waals surface area contributed by atoms with Crippen LogP contribution in [-0.4, -0.2) is 34.8 Å². The predicted octanol–water partition coefficient (Wildman–Crippen LogP) is 7.84. The highest BCUT2D eigenvalue weighted by molar-refractivity contribution is 6.42. The average Bonchev–Trinajstić information content (AvgIpc) is 3.57. The molecule has 0 radical (unpaired) electrons. The molecule has 230 valence electrons. The van der Waals surface area contributed by atoms with E-state index in [1.165, 1.54) is 5.57 Å². The highest BCUT2D eigenvalue weighted by Crippen LogP contribution is 2.77. The zero-order valence-corrected chi connectivity index (χ0v) is 27.4. The van der Waals surface area contributed by atoms with E-state index in [0.29, 0.717) is 12.0 Å². The van der Waals surface area contributed by atoms with Crippen LogP contribution in [0.3, 0.4) is 0 Å². The van der Waals surface area contributed by atoms with E-state index in [1.54, 1.807) is 24.3 Å². The van der Waals surface area contributed by atoms with Crippen LogP contribution >= 0.6 is 0 Å². The fourth-order valence-electron chi connectivity index (χ4n) is 8.90.